The third-order valence-corrected chi connectivity index (χ3v) is 4.90. The molecule has 0 radical (unpaired) electrons. The highest BCUT2D eigenvalue weighted by Crippen LogP contribution is 2.23. The van der Waals surface area contributed by atoms with Gasteiger partial charge in [-0.05, 0) is 36.4 Å². The van der Waals surface area contributed by atoms with Crippen LogP contribution < -0.4 is 4.72 Å². The van der Waals surface area contributed by atoms with Crippen LogP contribution in [0.15, 0.2) is 41.3 Å². The topological polar surface area (TPSA) is 98.8 Å². The minimum absolute atomic E-state index is 0.0646. The molecule has 0 aliphatic rings. The molecule has 10 heteroatoms. The highest BCUT2D eigenvalue weighted by atomic mass is 35.5. The summed E-state index contributed by atoms with van der Waals surface area (Å²) in [4.78, 5) is 23.2. The molecule has 0 aromatic heterocycles. The maximum Gasteiger partial charge on any atom is 0.337 e. The van der Waals surface area contributed by atoms with Gasteiger partial charge in [-0.25, -0.2) is 22.4 Å². The molecule has 2 aromatic rings. The normalized spacial score (nSPS) is 10.9. The number of hydrogen-bond acceptors (Lipinski definition) is 6. The van der Waals surface area contributed by atoms with Crippen molar-refractivity contribution in [2.75, 3.05) is 18.9 Å². The minimum atomic E-state index is -4.16. The average molecular weight is 402 g/mol. The summed E-state index contributed by atoms with van der Waals surface area (Å²) in [6, 6.07) is 6.42. The van der Waals surface area contributed by atoms with Gasteiger partial charge in [-0.1, -0.05) is 11.6 Å². The van der Waals surface area contributed by atoms with E-state index >= 15 is 0 Å². The zero-order chi connectivity index (χ0) is 19.5. The van der Waals surface area contributed by atoms with Crippen LogP contribution >= 0.6 is 11.6 Å². The summed E-state index contributed by atoms with van der Waals surface area (Å²) < 4.78 is 49.5. The van der Waals surface area contributed by atoms with E-state index in [0.29, 0.717) is 0 Å². The third kappa shape index (κ3) is 4.30. The average Bonchev–Trinajstić information content (AvgIpc) is 2.61. The number of benzene rings is 2. The van der Waals surface area contributed by atoms with Crippen LogP contribution in [-0.4, -0.2) is 34.6 Å². The number of sulfonamides is 1. The lowest BCUT2D eigenvalue weighted by molar-refractivity contribution is 0.0599. The van der Waals surface area contributed by atoms with E-state index < -0.39 is 27.8 Å². The first-order chi connectivity index (χ1) is 12.2. The first kappa shape index (κ1) is 19.7. The van der Waals surface area contributed by atoms with Crippen molar-refractivity contribution in [3.63, 3.8) is 0 Å². The lowest BCUT2D eigenvalue weighted by Crippen LogP contribution is -2.15. The van der Waals surface area contributed by atoms with Crippen molar-refractivity contribution < 1.29 is 31.9 Å². The van der Waals surface area contributed by atoms with Crippen LogP contribution in [-0.2, 0) is 19.5 Å². The summed E-state index contributed by atoms with van der Waals surface area (Å²) in [5.74, 6) is -2.33. The molecule has 7 nitrogen and oxygen atoms in total. The van der Waals surface area contributed by atoms with Gasteiger partial charge in [0.15, 0.2) is 0 Å². The molecule has 0 fully saturated rings. The zero-order valence-corrected chi connectivity index (χ0v) is 15.2. The fourth-order valence-corrected chi connectivity index (χ4v) is 3.33. The second kappa shape index (κ2) is 7.71. The van der Waals surface area contributed by atoms with Gasteiger partial charge >= 0.3 is 11.9 Å². The van der Waals surface area contributed by atoms with Gasteiger partial charge < -0.3 is 9.47 Å². The van der Waals surface area contributed by atoms with E-state index in [-0.39, 0.29) is 26.7 Å². The third-order valence-electron chi connectivity index (χ3n) is 3.23. The smallest absolute Gasteiger partial charge is 0.337 e. The Hall–Kier alpha value is -2.65. The number of methoxy groups -OCH3 is 2. The largest absolute Gasteiger partial charge is 0.465 e. The summed E-state index contributed by atoms with van der Waals surface area (Å²) in [6.45, 7) is 0. The molecule has 0 spiro atoms. The number of nitrogens with one attached hydrogen (secondary N) is 1. The van der Waals surface area contributed by atoms with Crippen molar-refractivity contribution >= 4 is 39.3 Å². The zero-order valence-electron chi connectivity index (χ0n) is 13.6. The molecular weight excluding hydrogens is 389 g/mol. The highest BCUT2D eigenvalue weighted by molar-refractivity contribution is 7.92. The van der Waals surface area contributed by atoms with Crippen LogP contribution in [0.25, 0.3) is 0 Å². The van der Waals surface area contributed by atoms with Gasteiger partial charge in [-0.15, -0.1) is 0 Å². The molecule has 1 N–H and O–H groups in total. The second-order valence-electron chi connectivity index (χ2n) is 4.96. The standard InChI is InChI=1S/C16H13ClFNO6S/c1-24-15(20)9-5-10(16(21)25-2)7-11(6-9)19-26(22,23)12-3-4-14(18)13(17)8-12/h3-8,19H,1-2H3. The molecule has 2 rings (SSSR count). The van der Waals surface area contributed by atoms with Crippen molar-refractivity contribution in [3.05, 3.63) is 58.4 Å². The van der Waals surface area contributed by atoms with Gasteiger partial charge in [0.2, 0.25) is 0 Å². The van der Waals surface area contributed by atoms with Crippen molar-refractivity contribution in [1.82, 2.24) is 0 Å². The molecule has 0 aliphatic heterocycles. The fourth-order valence-electron chi connectivity index (χ4n) is 2.02. The Bertz CT molecular complexity index is 942. The van der Waals surface area contributed by atoms with Crippen LogP contribution in [0, 0.1) is 5.82 Å². The van der Waals surface area contributed by atoms with Gasteiger partial charge in [-0.3, -0.25) is 4.72 Å². The predicted molar refractivity (Wildman–Crippen MR) is 91.3 cm³/mol. The van der Waals surface area contributed by atoms with E-state index in [1.54, 1.807) is 0 Å². The molecule has 138 valence electrons. The monoisotopic (exact) mass is 401 g/mol. The van der Waals surface area contributed by atoms with Crippen LogP contribution in [0.1, 0.15) is 20.7 Å². The van der Waals surface area contributed by atoms with Gasteiger partial charge in [0.25, 0.3) is 10.0 Å². The molecule has 2 aromatic carbocycles. The minimum Gasteiger partial charge on any atom is -0.465 e. The van der Waals surface area contributed by atoms with Gasteiger partial charge in [0.05, 0.1) is 41.0 Å². The molecule has 26 heavy (non-hydrogen) atoms. The first-order valence-corrected chi connectivity index (χ1v) is 8.83. The summed E-state index contributed by atoms with van der Waals surface area (Å²) in [7, 11) is -1.88. The van der Waals surface area contributed by atoms with E-state index in [4.69, 9.17) is 11.6 Å². The van der Waals surface area contributed by atoms with Crippen molar-refractivity contribution in [2.45, 2.75) is 4.90 Å². The van der Waals surface area contributed by atoms with E-state index in [1.165, 1.54) is 18.2 Å². The number of hydrogen-bond donors (Lipinski definition) is 1. The molecule has 0 amide bonds. The Morgan fingerprint density at radius 2 is 1.54 bits per heavy atom. The van der Waals surface area contributed by atoms with Crippen molar-refractivity contribution in [1.29, 1.82) is 0 Å². The molecule has 0 saturated carbocycles. The summed E-state index contributed by atoms with van der Waals surface area (Å²) in [5.41, 5.74) is -0.218. The molecule has 0 unspecified atom stereocenters. The van der Waals surface area contributed by atoms with E-state index in [1.807, 2.05) is 0 Å². The Balaban J connectivity index is 2.48. The van der Waals surface area contributed by atoms with Crippen LogP contribution in [0.4, 0.5) is 10.1 Å². The molecule has 0 saturated heterocycles. The number of halogens is 2. The number of ether oxygens (including phenoxy) is 2. The number of carbonyl (C=O) groups excluding carboxylic acids is 2. The Kier molecular flexibility index (Phi) is 5.83. The molecule has 0 bridgehead atoms. The number of anilines is 1. The number of esters is 2. The molecule has 0 heterocycles. The van der Waals surface area contributed by atoms with Crippen LogP contribution in [0.5, 0.6) is 0 Å². The molecule has 0 atom stereocenters. The van der Waals surface area contributed by atoms with Gasteiger partial charge in [0, 0.05) is 0 Å². The van der Waals surface area contributed by atoms with Gasteiger partial charge in [-0.2, -0.15) is 0 Å². The van der Waals surface area contributed by atoms with Crippen LogP contribution in [0.2, 0.25) is 5.02 Å². The maximum absolute atomic E-state index is 13.2. The van der Waals surface area contributed by atoms with E-state index in [0.717, 1.165) is 32.4 Å². The summed E-state index contributed by atoms with van der Waals surface area (Å²) >= 11 is 5.60. The first-order valence-electron chi connectivity index (χ1n) is 6.97. The summed E-state index contributed by atoms with van der Waals surface area (Å²) in [6.07, 6.45) is 0. The van der Waals surface area contributed by atoms with E-state index in [2.05, 4.69) is 14.2 Å². The lowest BCUT2D eigenvalue weighted by atomic mass is 10.1. The number of rotatable bonds is 5. The Labute approximate surface area is 153 Å². The van der Waals surface area contributed by atoms with Crippen molar-refractivity contribution in [3.8, 4) is 0 Å². The molecule has 0 aliphatic carbocycles. The SMILES string of the molecule is COC(=O)c1cc(NS(=O)(=O)c2ccc(F)c(Cl)c2)cc(C(=O)OC)c1. The molecular formula is C16H13ClFNO6S. The van der Waals surface area contributed by atoms with Gasteiger partial charge in [0.1, 0.15) is 5.82 Å². The predicted octanol–water partition coefficient (Wildman–Crippen LogP) is 2.85. The maximum atomic E-state index is 13.2. The quantitative estimate of drug-likeness (QED) is 0.773. The van der Waals surface area contributed by atoms with Crippen LogP contribution in [0.3, 0.4) is 0 Å². The summed E-state index contributed by atoms with van der Waals surface area (Å²) in [5, 5.41) is -0.369. The Morgan fingerprint density at radius 3 is 2.00 bits per heavy atom. The van der Waals surface area contributed by atoms with Crippen molar-refractivity contribution in [2.24, 2.45) is 0 Å². The fraction of sp³-hybridized carbons (Fsp3) is 0.125. The Morgan fingerprint density at radius 1 is 1.00 bits per heavy atom. The number of carbonyl (C=O) groups is 2. The van der Waals surface area contributed by atoms with E-state index in [9.17, 15) is 22.4 Å². The highest BCUT2D eigenvalue weighted by Gasteiger charge is 2.19. The second-order valence-corrected chi connectivity index (χ2v) is 7.05. The lowest BCUT2D eigenvalue weighted by Gasteiger charge is -2.11.